The largest absolute Gasteiger partial charge is 0.493 e. The molecule has 0 aromatic heterocycles. The zero-order chi connectivity index (χ0) is 15.7. The van der Waals surface area contributed by atoms with Crippen LogP contribution in [-0.4, -0.2) is 50.7 Å². The fourth-order valence-electron chi connectivity index (χ4n) is 3.33. The highest BCUT2D eigenvalue weighted by Gasteiger charge is 2.38. The Labute approximate surface area is 151 Å². The van der Waals surface area contributed by atoms with E-state index in [1.165, 1.54) is 0 Å². The van der Waals surface area contributed by atoms with E-state index in [1.54, 1.807) is 13.2 Å². The molecule has 1 aromatic carbocycles. The molecule has 0 aliphatic carbocycles. The van der Waals surface area contributed by atoms with Crippen LogP contribution in [0.3, 0.4) is 0 Å². The Bertz CT molecular complexity index is 573. The van der Waals surface area contributed by atoms with Gasteiger partial charge in [0.25, 0.3) is 5.91 Å². The van der Waals surface area contributed by atoms with Crippen molar-refractivity contribution in [2.75, 3.05) is 39.9 Å². The van der Waals surface area contributed by atoms with Gasteiger partial charge in [0.15, 0.2) is 11.5 Å². The normalized spacial score (nSPS) is 22.5. The molecule has 1 amide bonds. The lowest BCUT2D eigenvalue weighted by molar-refractivity contribution is 0.0781. The molecule has 2 aliphatic heterocycles. The summed E-state index contributed by atoms with van der Waals surface area (Å²) in [5.74, 6) is 2.48. The van der Waals surface area contributed by atoms with Gasteiger partial charge in [-0.15, -0.1) is 12.4 Å². The number of hydrogen-bond acceptors (Lipinski definition) is 4. The van der Waals surface area contributed by atoms with E-state index < -0.39 is 0 Å². The molecule has 0 spiro atoms. The summed E-state index contributed by atoms with van der Waals surface area (Å²) in [5.41, 5.74) is 0.639. The van der Waals surface area contributed by atoms with Crippen molar-refractivity contribution in [2.45, 2.75) is 6.92 Å². The second-order valence-corrected chi connectivity index (χ2v) is 6.67. The van der Waals surface area contributed by atoms with E-state index in [4.69, 9.17) is 9.47 Å². The molecular formula is C16H22BrClN2O3. The van der Waals surface area contributed by atoms with Crippen molar-refractivity contribution in [3.8, 4) is 11.5 Å². The molecular weight excluding hydrogens is 384 g/mol. The molecule has 5 nitrogen and oxygen atoms in total. The third-order valence-electron chi connectivity index (χ3n) is 4.44. The topological polar surface area (TPSA) is 50.8 Å². The predicted molar refractivity (Wildman–Crippen MR) is 94.9 cm³/mol. The minimum atomic E-state index is 0. The maximum Gasteiger partial charge on any atom is 0.254 e. The highest BCUT2D eigenvalue weighted by molar-refractivity contribution is 9.10. The number of likely N-dealkylation sites (tertiary alicyclic amines) is 1. The number of fused-ring (bicyclic) bond motifs is 1. The van der Waals surface area contributed by atoms with Crippen LogP contribution in [0.2, 0.25) is 0 Å². The number of carbonyl (C=O) groups excluding carboxylic acids is 1. The van der Waals surface area contributed by atoms with E-state index in [0.717, 1.165) is 30.7 Å². The fourth-order valence-corrected chi connectivity index (χ4v) is 3.89. The summed E-state index contributed by atoms with van der Waals surface area (Å²) >= 11 is 3.48. The van der Waals surface area contributed by atoms with E-state index in [-0.39, 0.29) is 18.3 Å². The summed E-state index contributed by atoms with van der Waals surface area (Å²) in [6.45, 7) is 6.18. The van der Waals surface area contributed by atoms with Crippen molar-refractivity contribution in [3.63, 3.8) is 0 Å². The van der Waals surface area contributed by atoms with Gasteiger partial charge in [-0.2, -0.15) is 0 Å². The molecule has 0 bridgehead atoms. The van der Waals surface area contributed by atoms with Crippen LogP contribution in [0.25, 0.3) is 0 Å². The second-order valence-electron chi connectivity index (χ2n) is 5.81. The lowest BCUT2D eigenvalue weighted by Crippen LogP contribution is -2.31. The third kappa shape index (κ3) is 3.59. The molecule has 2 fully saturated rings. The molecule has 128 valence electrons. The van der Waals surface area contributed by atoms with Gasteiger partial charge >= 0.3 is 0 Å². The van der Waals surface area contributed by atoms with Crippen molar-refractivity contribution in [1.29, 1.82) is 0 Å². The molecule has 0 saturated carbocycles. The second kappa shape index (κ2) is 7.73. The van der Waals surface area contributed by atoms with Crippen LogP contribution in [-0.2, 0) is 0 Å². The van der Waals surface area contributed by atoms with E-state index in [1.807, 2.05) is 17.9 Å². The van der Waals surface area contributed by atoms with Gasteiger partial charge in [-0.1, -0.05) is 0 Å². The summed E-state index contributed by atoms with van der Waals surface area (Å²) < 4.78 is 11.7. The molecule has 7 heteroatoms. The third-order valence-corrected chi connectivity index (χ3v) is 5.03. The highest BCUT2D eigenvalue weighted by atomic mass is 79.9. The molecule has 2 heterocycles. The van der Waals surface area contributed by atoms with E-state index in [0.29, 0.717) is 35.5 Å². The number of nitrogens with zero attached hydrogens (tertiary/aromatic N) is 1. The first-order valence-electron chi connectivity index (χ1n) is 7.64. The summed E-state index contributed by atoms with van der Waals surface area (Å²) in [6.07, 6.45) is 0. The lowest BCUT2D eigenvalue weighted by Gasteiger charge is -2.19. The van der Waals surface area contributed by atoms with Crippen LogP contribution in [0, 0.1) is 11.8 Å². The molecule has 2 saturated heterocycles. The minimum Gasteiger partial charge on any atom is -0.493 e. The van der Waals surface area contributed by atoms with Crippen LogP contribution in [0.5, 0.6) is 11.5 Å². The van der Waals surface area contributed by atoms with Crippen LogP contribution in [0.4, 0.5) is 0 Å². The number of ether oxygens (including phenoxy) is 2. The molecule has 1 N–H and O–H groups in total. The van der Waals surface area contributed by atoms with Crippen LogP contribution in [0.15, 0.2) is 16.6 Å². The van der Waals surface area contributed by atoms with E-state index >= 15 is 0 Å². The quantitative estimate of drug-likeness (QED) is 0.836. The van der Waals surface area contributed by atoms with Gasteiger partial charge in [0.1, 0.15) is 0 Å². The summed E-state index contributed by atoms with van der Waals surface area (Å²) in [6, 6.07) is 3.59. The fraction of sp³-hybridized carbons (Fsp3) is 0.562. The predicted octanol–water partition coefficient (Wildman–Crippen LogP) is 2.57. The smallest absolute Gasteiger partial charge is 0.254 e. The number of methoxy groups -OCH3 is 1. The van der Waals surface area contributed by atoms with Gasteiger partial charge in [0.05, 0.1) is 18.2 Å². The Morgan fingerprint density at radius 1 is 1.35 bits per heavy atom. The van der Waals surface area contributed by atoms with Crippen molar-refractivity contribution in [1.82, 2.24) is 10.2 Å². The lowest BCUT2D eigenvalue weighted by atomic mass is 10.0. The molecule has 23 heavy (non-hydrogen) atoms. The number of benzene rings is 1. The zero-order valence-electron chi connectivity index (χ0n) is 13.3. The number of nitrogens with one attached hydrogen (secondary N) is 1. The standard InChI is InChI=1S/C16H21BrN2O3.ClH/c1-3-22-15-13(17)4-10(5-14(15)21-2)16(20)19-8-11-6-18-7-12(11)9-19;/h4-5,11-12,18H,3,6-9H2,1-2H3;1H/t11-,12+;. The number of halogens is 2. The molecule has 2 aliphatic rings. The number of carbonyl (C=O) groups is 1. The average Bonchev–Trinajstić information content (AvgIpc) is 3.09. The molecule has 0 unspecified atom stereocenters. The summed E-state index contributed by atoms with van der Waals surface area (Å²) in [4.78, 5) is 14.7. The SMILES string of the molecule is CCOc1c(Br)cc(C(=O)N2C[C@H]3CNC[C@H]3C2)cc1OC.Cl. The minimum absolute atomic E-state index is 0. The summed E-state index contributed by atoms with van der Waals surface area (Å²) in [7, 11) is 1.59. The van der Waals surface area contributed by atoms with Crippen molar-refractivity contribution in [2.24, 2.45) is 11.8 Å². The summed E-state index contributed by atoms with van der Waals surface area (Å²) in [5, 5.41) is 3.39. The Kier molecular flexibility index (Phi) is 6.17. The van der Waals surface area contributed by atoms with Crippen molar-refractivity contribution in [3.05, 3.63) is 22.2 Å². The first-order chi connectivity index (χ1) is 10.6. The Morgan fingerprint density at radius 2 is 2.00 bits per heavy atom. The number of amides is 1. The number of hydrogen-bond donors (Lipinski definition) is 1. The Hall–Kier alpha value is -0.980. The Balaban J connectivity index is 0.00000192. The zero-order valence-corrected chi connectivity index (χ0v) is 15.7. The monoisotopic (exact) mass is 404 g/mol. The van der Waals surface area contributed by atoms with Gasteiger partial charge in [0, 0.05) is 31.7 Å². The van der Waals surface area contributed by atoms with Crippen LogP contribution < -0.4 is 14.8 Å². The van der Waals surface area contributed by atoms with Crippen LogP contribution >= 0.6 is 28.3 Å². The first-order valence-corrected chi connectivity index (χ1v) is 8.43. The van der Waals surface area contributed by atoms with Crippen LogP contribution in [0.1, 0.15) is 17.3 Å². The van der Waals surface area contributed by atoms with E-state index in [2.05, 4.69) is 21.2 Å². The highest BCUT2D eigenvalue weighted by Crippen LogP contribution is 2.37. The van der Waals surface area contributed by atoms with Gasteiger partial charge in [-0.3, -0.25) is 4.79 Å². The first kappa shape index (κ1) is 18.4. The van der Waals surface area contributed by atoms with E-state index in [9.17, 15) is 4.79 Å². The Morgan fingerprint density at radius 3 is 2.57 bits per heavy atom. The maximum absolute atomic E-state index is 12.8. The molecule has 1 aromatic rings. The molecule has 2 atom stereocenters. The van der Waals surface area contributed by atoms with Gasteiger partial charge in [-0.25, -0.2) is 0 Å². The number of rotatable bonds is 4. The van der Waals surface area contributed by atoms with Gasteiger partial charge < -0.3 is 19.7 Å². The maximum atomic E-state index is 12.8. The van der Waals surface area contributed by atoms with Crippen molar-refractivity contribution < 1.29 is 14.3 Å². The molecule has 3 rings (SSSR count). The molecule has 0 radical (unpaired) electrons. The van der Waals surface area contributed by atoms with Crippen molar-refractivity contribution >= 4 is 34.2 Å². The van der Waals surface area contributed by atoms with Gasteiger partial charge in [0.2, 0.25) is 0 Å². The van der Waals surface area contributed by atoms with Gasteiger partial charge in [-0.05, 0) is 46.8 Å². The average molecular weight is 406 g/mol.